The first-order valence-electron chi connectivity index (χ1n) is 15.6. The Hall–Kier alpha value is -4.54. The molecular weight excluding hydrogens is 728 g/mol. The van der Waals surface area contributed by atoms with E-state index in [0.29, 0.717) is 0 Å². The van der Waals surface area contributed by atoms with Gasteiger partial charge in [-0.3, -0.25) is 14.4 Å². The van der Waals surface area contributed by atoms with Crippen molar-refractivity contribution >= 4 is 47.1 Å². The fourth-order valence-electron chi connectivity index (χ4n) is 4.82. The third-order valence-electron chi connectivity index (χ3n) is 7.34. The lowest BCUT2D eigenvalue weighted by Crippen LogP contribution is -2.68. The van der Waals surface area contributed by atoms with Crippen LogP contribution in [0.15, 0.2) is 36.4 Å². The molecule has 0 unspecified atom stereocenters. The molecule has 0 fully saturated rings. The van der Waals surface area contributed by atoms with Gasteiger partial charge in [-0.2, -0.15) is 26.3 Å². The Labute approximate surface area is 300 Å². The Kier molecular flexibility index (Phi) is 13.4. The number of esters is 1. The highest BCUT2D eigenvalue weighted by Crippen LogP contribution is 2.38. The molecule has 2 aromatic rings. The summed E-state index contributed by atoms with van der Waals surface area (Å²) in [5.74, 6) is -5.96. The first-order valence-corrected chi connectivity index (χ1v) is 16.0. The number of carboxylic acids is 1. The van der Waals surface area contributed by atoms with Crippen LogP contribution in [0.25, 0.3) is 0 Å². The predicted octanol–water partition coefficient (Wildman–Crippen LogP) is 7.85. The molecule has 11 nitrogen and oxygen atoms in total. The van der Waals surface area contributed by atoms with E-state index in [4.69, 9.17) is 21.1 Å². The zero-order chi connectivity index (χ0) is 40.2. The minimum Gasteiger partial charge on any atom is -0.481 e. The summed E-state index contributed by atoms with van der Waals surface area (Å²) in [5, 5.41) is 16.4. The Morgan fingerprint density at radius 1 is 0.846 bits per heavy atom. The summed E-state index contributed by atoms with van der Waals surface area (Å²) in [6, 6.07) is 2.03. The number of carboxylic acid groups (broad SMARTS) is 1. The van der Waals surface area contributed by atoms with Gasteiger partial charge in [0.2, 0.25) is 5.91 Å². The highest BCUT2D eigenvalue weighted by Gasteiger charge is 2.53. The predicted molar refractivity (Wildman–Crippen MR) is 177 cm³/mol. The van der Waals surface area contributed by atoms with Gasteiger partial charge in [-0.1, -0.05) is 46.2 Å². The van der Waals surface area contributed by atoms with E-state index in [0.717, 1.165) is 12.1 Å². The van der Waals surface area contributed by atoms with Crippen LogP contribution in [0.2, 0.25) is 5.02 Å². The Balaban J connectivity index is 2.54. The second kappa shape index (κ2) is 16.0. The molecule has 0 saturated carbocycles. The summed E-state index contributed by atoms with van der Waals surface area (Å²) < 4.78 is 91.1. The molecule has 2 aromatic carbocycles. The number of rotatable bonds is 11. The van der Waals surface area contributed by atoms with Crippen LogP contribution in [-0.4, -0.2) is 52.1 Å². The van der Waals surface area contributed by atoms with Crippen molar-refractivity contribution in [1.29, 1.82) is 0 Å². The minimum absolute atomic E-state index is 0.121. The summed E-state index contributed by atoms with van der Waals surface area (Å²) in [6.07, 6.45) is -12.6. The monoisotopic (exact) mass is 767 g/mol. The number of alkyl halides is 6. The largest absolute Gasteiger partial charge is 0.481 e. The standard InChI is InChI=1S/C34H40ClF6N3O8/c1-17(2)11-23(43-28(49)32(16-25(45)46,30(3,4)5)44-29(50)52-31(6,7)8)27(48)51-24-10-9-20(35)15-22(24)26(47)42-21-13-18(33(36,37)38)12-19(14-21)34(39,40)41/h9-10,12-15,17,23H,11,16H2,1-8H3,(H,42,47)(H,43,49)(H,44,50)(H,45,46)/t23-,32-/m0/s1. The van der Waals surface area contributed by atoms with Crippen LogP contribution in [0.3, 0.4) is 0 Å². The molecule has 0 heterocycles. The molecule has 0 spiro atoms. The fraction of sp³-hybridized carbons (Fsp3) is 0.500. The number of carbonyl (C=O) groups is 5. The molecule has 0 radical (unpaired) electrons. The molecule has 4 N–H and O–H groups in total. The lowest BCUT2D eigenvalue weighted by atomic mass is 9.70. The van der Waals surface area contributed by atoms with Gasteiger partial charge in [0.15, 0.2) is 0 Å². The summed E-state index contributed by atoms with van der Waals surface area (Å²) >= 11 is 6.02. The molecular formula is C34H40ClF6N3O8. The molecule has 288 valence electrons. The average molecular weight is 768 g/mol. The number of aliphatic carboxylic acids is 1. The first kappa shape index (κ1) is 43.6. The van der Waals surface area contributed by atoms with E-state index in [-0.39, 0.29) is 35.6 Å². The minimum atomic E-state index is -5.20. The molecule has 0 saturated heterocycles. The molecule has 3 amide bonds. The van der Waals surface area contributed by atoms with Crippen molar-refractivity contribution in [2.45, 2.75) is 97.8 Å². The number of anilines is 1. The van der Waals surface area contributed by atoms with E-state index in [1.54, 1.807) is 34.6 Å². The number of nitrogens with one attached hydrogen (secondary N) is 3. The molecule has 2 rings (SSSR count). The van der Waals surface area contributed by atoms with Crippen molar-refractivity contribution in [2.75, 3.05) is 5.32 Å². The number of halogens is 7. The van der Waals surface area contributed by atoms with Gasteiger partial charge in [0.1, 0.15) is 22.9 Å². The van der Waals surface area contributed by atoms with E-state index in [1.807, 2.05) is 5.32 Å². The normalized spacial score (nSPS) is 14.2. The van der Waals surface area contributed by atoms with Crippen molar-refractivity contribution in [2.24, 2.45) is 11.3 Å². The van der Waals surface area contributed by atoms with E-state index in [9.17, 15) is 55.4 Å². The number of amides is 3. The molecule has 0 bridgehead atoms. The molecule has 52 heavy (non-hydrogen) atoms. The van der Waals surface area contributed by atoms with Gasteiger partial charge in [-0.15, -0.1) is 0 Å². The Morgan fingerprint density at radius 3 is 1.83 bits per heavy atom. The lowest BCUT2D eigenvalue weighted by molar-refractivity contribution is -0.148. The van der Waals surface area contributed by atoms with Crippen molar-refractivity contribution in [3.8, 4) is 5.75 Å². The summed E-state index contributed by atoms with van der Waals surface area (Å²) in [4.78, 5) is 65.8. The third kappa shape index (κ3) is 12.0. The van der Waals surface area contributed by atoms with Crippen molar-refractivity contribution in [1.82, 2.24) is 10.6 Å². The number of benzene rings is 2. The second-order valence-electron chi connectivity index (χ2n) is 14.3. The lowest BCUT2D eigenvalue weighted by Gasteiger charge is -2.43. The van der Waals surface area contributed by atoms with Gasteiger partial charge in [-0.25, -0.2) is 9.59 Å². The molecule has 0 aromatic heterocycles. The smallest absolute Gasteiger partial charge is 0.416 e. The second-order valence-corrected chi connectivity index (χ2v) is 14.8. The summed E-state index contributed by atoms with van der Waals surface area (Å²) in [6.45, 7) is 12.4. The highest BCUT2D eigenvalue weighted by molar-refractivity contribution is 6.31. The van der Waals surface area contributed by atoms with Crippen LogP contribution in [0, 0.1) is 11.3 Å². The highest BCUT2D eigenvalue weighted by atomic mass is 35.5. The van der Waals surface area contributed by atoms with Gasteiger partial charge < -0.3 is 30.5 Å². The van der Waals surface area contributed by atoms with Crippen LogP contribution in [0.4, 0.5) is 36.8 Å². The number of carbonyl (C=O) groups excluding carboxylic acids is 4. The van der Waals surface area contributed by atoms with Crippen LogP contribution < -0.4 is 20.7 Å². The molecule has 0 aliphatic rings. The number of alkyl carbamates (subject to hydrolysis) is 1. The number of hydrogen-bond acceptors (Lipinski definition) is 7. The van der Waals surface area contributed by atoms with E-state index in [2.05, 4.69) is 10.6 Å². The quantitative estimate of drug-likeness (QED) is 0.102. The van der Waals surface area contributed by atoms with Crippen LogP contribution in [0.5, 0.6) is 5.75 Å². The maximum atomic E-state index is 14.0. The van der Waals surface area contributed by atoms with Gasteiger partial charge in [-0.05, 0) is 74.9 Å². The summed E-state index contributed by atoms with van der Waals surface area (Å²) in [5.41, 5.74) is -9.41. The van der Waals surface area contributed by atoms with Crippen molar-refractivity contribution in [3.05, 3.63) is 58.1 Å². The van der Waals surface area contributed by atoms with Crippen LogP contribution in [0.1, 0.15) is 89.7 Å². The molecule has 0 aliphatic carbocycles. The zero-order valence-electron chi connectivity index (χ0n) is 29.5. The fourth-order valence-corrected chi connectivity index (χ4v) is 4.99. The number of ether oxygens (including phenoxy) is 2. The zero-order valence-corrected chi connectivity index (χ0v) is 30.2. The van der Waals surface area contributed by atoms with E-state index >= 15 is 0 Å². The van der Waals surface area contributed by atoms with E-state index in [1.165, 1.54) is 26.8 Å². The van der Waals surface area contributed by atoms with Crippen LogP contribution >= 0.6 is 11.6 Å². The van der Waals surface area contributed by atoms with Gasteiger partial charge in [0.25, 0.3) is 5.91 Å². The average Bonchev–Trinajstić information content (AvgIpc) is 2.94. The topological polar surface area (TPSA) is 160 Å². The van der Waals surface area contributed by atoms with Crippen LogP contribution in [-0.2, 0) is 31.5 Å². The van der Waals surface area contributed by atoms with Crippen molar-refractivity contribution < 1.29 is 64.9 Å². The molecule has 2 atom stereocenters. The van der Waals surface area contributed by atoms with Gasteiger partial charge >= 0.3 is 30.4 Å². The first-order chi connectivity index (χ1) is 23.4. The summed E-state index contributed by atoms with van der Waals surface area (Å²) in [7, 11) is 0. The Morgan fingerprint density at radius 2 is 1.38 bits per heavy atom. The van der Waals surface area contributed by atoms with Gasteiger partial charge in [0, 0.05) is 10.7 Å². The van der Waals surface area contributed by atoms with Gasteiger partial charge in [0.05, 0.1) is 23.1 Å². The molecule has 0 aliphatic heterocycles. The maximum absolute atomic E-state index is 14.0. The van der Waals surface area contributed by atoms with E-state index < -0.39 is 99.3 Å². The van der Waals surface area contributed by atoms with Crippen molar-refractivity contribution in [3.63, 3.8) is 0 Å². The molecule has 18 heteroatoms. The third-order valence-corrected chi connectivity index (χ3v) is 7.57. The SMILES string of the molecule is CC(C)C[C@H](NC(=O)[C@](CC(=O)O)(NC(=O)OC(C)(C)C)C(C)(C)C)C(=O)Oc1ccc(Cl)cc1C(=O)Nc1cc(C(F)(F)F)cc(C(F)(F)F)c1. The number of hydrogen-bond donors (Lipinski definition) is 4. The Bertz CT molecular complexity index is 1650. The maximum Gasteiger partial charge on any atom is 0.416 e.